The molecular weight excluding hydrogens is 126 g/mol. The molecule has 0 aromatic heterocycles. The SMILES string of the molecule is [O]C(=O)C(F)(F)[S]. The Labute approximate surface area is 43.5 Å². The van der Waals surface area contributed by atoms with E-state index < -0.39 is 11.2 Å². The molecule has 7 heavy (non-hydrogen) atoms. The summed E-state index contributed by atoms with van der Waals surface area (Å²) in [5.74, 6) is -2.53. The minimum absolute atomic E-state index is 2.53. The first-order valence-corrected chi connectivity index (χ1v) is 1.65. The highest BCUT2D eigenvalue weighted by Gasteiger charge is 2.36. The molecule has 0 aliphatic rings. The maximum absolute atomic E-state index is 11.0. The zero-order chi connectivity index (χ0) is 6.08. The van der Waals surface area contributed by atoms with Crippen LogP contribution in [0.5, 0.6) is 0 Å². The molecule has 0 saturated heterocycles. The van der Waals surface area contributed by atoms with Crippen molar-refractivity contribution in [1.82, 2.24) is 0 Å². The van der Waals surface area contributed by atoms with Crippen molar-refractivity contribution in [2.24, 2.45) is 0 Å². The molecule has 0 unspecified atom stereocenters. The van der Waals surface area contributed by atoms with Crippen molar-refractivity contribution >= 4 is 18.6 Å². The van der Waals surface area contributed by atoms with Crippen LogP contribution in [0, 0.1) is 0 Å². The van der Waals surface area contributed by atoms with Crippen molar-refractivity contribution < 1.29 is 18.7 Å². The van der Waals surface area contributed by atoms with Crippen molar-refractivity contribution in [1.29, 1.82) is 0 Å². The van der Waals surface area contributed by atoms with Crippen LogP contribution in [-0.4, -0.2) is 11.2 Å². The van der Waals surface area contributed by atoms with E-state index in [2.05, 4.69) is 12.6 Å². The Morgan fingerprint density at radius 2 is 1.71 bits per heavy atom. The average Bonchev–Trinajstić information content (AvgIpc) is 1.31. The molecule has 0 spiro atoms. The molecule has 0 bridgehead atoms. The van der Waals surface area contributed by atoms with Crippen LogP contribution < -0.4 is 0 Å². The highest BCUT2D eigenvalue weighted by molar-refractivity contribution is 7.82. The Morgan fingerprint density at radius 1 is 1.57 bits per heavy atom. The predicted molar refractivity (Wildman–Crippen MR) is 18.2 cm³/mol. The van der Waals surface area contributed by atoms with E-state index in [-0.39, 0.29) is 0 Å². The van der Waals surface area contributed by atoms with Crippen LogP contribution in [0.15, 0.2) is 0 Å². The number of alkyl halides is 2. The Hall–Kier alpha value is -0.320. The van der Waals surface area contributed by atoms with Crippen LogP contribution in [0.1, 0.15) is 0 Å². The quantitative estimate of drug-likeness (QED) is 0.510. The molecule has 0 N–H and O–H groups in total. The zero-order valence-corrected chi connectivity index (χ0v) is 3.80. The van der Waals surface area contributed by atoms with Crippen LogP contribution in [0.2, 0.25) is 0 Å². The number of rotatable bonds is 1. The standard InChI is InChI=1S/C2F2O2S/c3-2(4,7)1(5)6. The van der Waals surface area contributed by atoms with E-state index in [0.717, 1.165) is 0 Å². The van der Waals surface area contributed by atoms with E-state index in [4.69, 9.17) is 9.90 Å². The lowest BCUT2D eigenvalue weighted by molar-refractivity contribution is -0.159. The van der Waals surface area contributed by atoms with Crippen LogP contribution in [0.4, 0.5) is 8.78 Å². The molecule has 0 saturated carbocycles. The number of hydrogen-bond acceptors (Lipinski definition) is 1. The first-order chi connectivity index (χ1) is 2.94. The lowest BCUT2D eigenvalue weighted by atomic mass is 10.7. The number of halogens is 2. The van der Waals surface area contributed by atoms with Crippen molar-refractivity contribution in [2.45, 2.75) is 5.25 Å². The van der Waals surface area contributed by atoms with E-state index >= 15 is 0 Å². The Kier molecular flexibility index (Phi) is 1.58. The van der Waals surface area contributed by atoms with Gasteiger partial charge in [-0.2, -0.15) is 8.78 Å². The van der Waals surface area contributed by atoms with Gasteiger partial charge in [0.05, 0.1) is 0 Å². The number of carbonyl (C=O) groups excluding carboxylic acids is 1. The van der Waals surface area contributed by atoms with Crippen molar-refractivity contribution in [2.75, 3.05) is 0 Å². The second kappa shape index (κ2) is 1.65. The molecule has 2 radical (unpaired) electrons. The van der Waals surface area contributed by atoms with Crippen LogP contribution in [-0.2, 0) is 9.90 Å². The summed E-state index contributed by atoms with van der Waals surface area (Å²) in [6.07, 6.45) is 0. The minimum atomic E-state index is -4.11. The monoisotopic (exact) mass is 126 g/mol. The highest BCUT2D eigenvalue weighted by Crippen LogP contribution is 2.17. The van der Waals surface area contributed by atoms with Gasteiger partial charge in [-0.1, -0.05) is 0 Å². The maximum atomic E-state index is 11.0. The fourth-order valence-electron chi connectivity index (χ4n) is 0. The van der Waals surface area contributed by atoms with Crippen LogP contribution >= 0.6 is 12.6 Å². The lowest BCUT2D eigenvalue weighted by Gasteiger charge is -1.93. The van der Waals surface area contributed by atoms with Gasteiger partial charge in [-0.3, -0.25) is 0 Å². The van der Waals surface area contributed by atoms with Gasteiger partial charge >= 0.3 is 11.2 Å². The Balaban J connectivity index is 3.79. The van der Waals surface area contributed by atoms with E-state index in [9.17, 15) is 8.78 Å². The normalized spacial score (nSPS) is 11.3. The van der Waals surface area contributed by atoms with E-state index in [0.29, 0.717) is 0 Å². The van der Waals surface area contributed by atoms with Gasteiger partial charge in [0, 0.05) is 0 Å². The lowest BCUT2D eigenvalue weighted by Crippen LogP contribution is -2.18. The number of hydrogen-bond donors (Lipinski definition) is 0. The van der Waals surface area contributed by atoms with Crippen molar-refractivity contribution in [3.8, 4) is 0 Å². The number of carbonyl (C=O) groups is 1. The molecule has 0 heterocycles. The molecule has 0 aliphatic heterocycles. The zero-order valence-electron chi connectivity index (χ0n) is 2.98. The summed E-state index contributed by atoms with van der Waals surface area (Å²) in [5.41, 5.74) is 0. The fourth-order valence-corrected chi connectivity index (χ4v) is 0. The predicted octanol–water partition coefficient (Wildman–Crippen LogP) is 0.734. The third-order valence-electron chi connectivity index (χ3n) is 0.238. The summed E-state index contributed by atoms with van der Waals surface area (Å²) in [6.45, 7) is 0. The Bertz CT molecular complexity index is 86.2. The molecule has 0 amide bonds. The van der Waals surface area contributed by atoms with Gasteiger partial charge in [0.2, 0.25) is 0 Å². The van der Waals surface area contributed by atoms with Gasteiger partial charge in [0.15, 0.2) is 0 Å². The van der Waals surface area contributed by atoms with E-state index in [1.165, 1.54) is 0 Å². The third kappa shape index (κ3) is 2.38. The highest BCUT2D eigenvalue weighted by atomic mass is 32.1. The fraction of sp³-hybridized carbons (Fsp3) is 0.500. The molecule has 0 aliphatic carbocycles. The third-order valence-corrected chi connectivity index (χ3v) is 0.404. The van der Waals surface area contributed by atoms with Gasteiger partial charge in [0.25, 0.3) is 0 Å². The molecule has 0 aromatic rings. The summed E-state index contributed by atoms with van der Waals surface area (Å²) in [7, 11) is 0. The molecule has 40 valence electrons. The van der Waals surface area contributed by atoms with Gasteiger partial charge in [0.1, 0.15) is 0 Å². The molecule has 0 atom stereocenters. The largest absolute Gasteiger partial charge is 0.436 e. The first kappa shape index (κ1) is 6.68. The molecule has 0 rings (SSSR count). The minimum Gasteiger partial charge on any atom is -0.239 e. The summed E-state index contributed by atoms with van der Waals surface area (Å²) >= 11 is 3.11. The average molecular weight is 126 g/mol. The van der Waals surface area contributed by atoms with Crippen LogP contribution in [0.25, 0.3) is 0 Å². The smallest absolute Gasteiger partial charge is 0.239 e. The first-order valence-electron chi connectivity index (χ1n) is 1.24. The Morgan fingerprint density at radius 3 is 1.71 bits per heavy atom. The summed E-state index contributed by atoms with van der Waals surface area (Å²) in [6, 6.07) is 0. The molecule has 0 aromatic carbocycles. The van der Waals surface area contributed by atoms with Crippen molar-refractivity contribution in [3.05, 3.63) is 0 Å². The van der Waals surface area contributed by atoms with E-state index in [1.807, 2.05) is 0 Å². The van der Waals surface area contributed by atoms with Crippen LogP contribution in [0.3, 0.4) is 0 Å². The summed E-state index contributed by atoms with van der Waals surface area (Å²) in [5, 5.41) is 4.94. The summed E-state index contributed by atoms with van der Waals surface area (Å²) < 4.78 is 22.0. The van der Waals surface area contributed by atoms with Gasteiger partial charge in [-0.25, -0.2) is 9.90 Å². The maximum Gasteiger partial charge on any atom is 0.436 e. The molecule has 5 heteroatoms. The topological polar surface area (TPSA) is 37.0 Å². The molecule has 0 fully saturated rings. The second-order valence-electron chi connectivity index (χ2n) is 0.804. The van der Waals surface area contributed by atoms with Crippen molar-refractivity contribution in [3.63, 3.8) is 0 Å². The molecular formula is C2F2O2S. The molecule has 2 nitrogen and oxygen atoms in total. The van der Waals surface area contributed by atoms with Gasteiger partial charge in [-0.15, -0.1) is 0 Å². The van der Waals surface area contributed by atoms with Gasteiger partial charge < -0.3 is 0 Å². The van der Waals surface area contributed by atoms with Gasteiger partial charge in [-0.05, 0) is 12.6 Å². The second-order valence-corrected chi connectivity index (χ2v) is 1.32. The van der Waals surface area contributed by atoms with E-state index in [1.54, 1.807) is 0 Å². The summed E-state index contributed by atoms with van der Waals surface area (Å²) in [4.78, 5) is 9.06.